The Hall–Kier alpha value is -0.340. The molecule has 0 aliphatic carbocycles. The molecule has 2 heteroatoms. The molecule has 1 atom stereocenters. The Morgan fingerprint density at radius 3 is 2.60 bits per heavy atom. The van der Waals surface area contributed by atoms with Gasteiger partial charge in [-0.2, -0.15) is 0 Å². The van der Waals surface area contributed by atoms with Crippen LogP contribution in [0.25, 0.3) is 0 Å². The molecule has 2 nitrogen and oxygen atoms in total. The van der Waals surface area contributed by atoms with Crippen LogP contribution < -0.4 is 5.32 Å². The molecule has 0 aliphatic heterocycles. The van der Waals surface area contributed by atoms with Crippen molar-refractivity contribution in [1.82, 2.24) is 5.32 Å². The molecule has 1 unspecified atom stereocenters. The highest BCUT2D eigenvalue weighted by Crippen LogP contribution is 2.11. The van der Waals surface area contributed by atoms with Crippen LogP contribution in [-0.2, 0) is 4.74 Å². The minimum absolute atomic E-state index is 0.586. The second kappa shape index (κ2) is 10.2. The Labute approximate surface area is 95.1 Å². The number of hydrogen-bond donors (Lipinski definition) is 1. The molecule has 0 fully saturated rings. The summed E-state index contributed by atoms with van der Waals surface area (Å²) >= 11 is 0. The molecule has 15 heavy (non-hydrogen) atoms. The van der Waals surface area contributed by atoms with E-state index < -0.39 is 0 Å². The third kappa shape index (κ3) is 8.64. The van der Waals surface area contributed by atoms with E-state index in [4.69, 9.17) is 4.74 Å². The highest BCUT2D eigenvalue weighted by atomic mass is 16.5. The smallest absolute Gasteiger partial charge is 0.0466 e. The van der Waals surface area contributed by atoms with Crippen LogP contribution in [0.15, 0.2) is 12.2 Å². The molecule has 0 saturated heterocycles. The summed E-state index contributed by atoms with van der Waals surface area (Å²) < 4.78 is 5.34. The first kappa shape index (κ1) is 14.7. The quantitative estimate of drug-likeness (QED) is 0.444. The second-order valence-corrected chi connectivity index (χ2v) is 3.90. The minimum atomic E-state index is 0.586. The van der Waals surface area contributed by atoms with E-state index in [1.165, 1.54) is 12.0 Å². The van der Waals surface area contributed by atoms with Crippen LogP contribution in [-0.4, -0.2) is 25.8 Å². The van der Waals surface area contributed by atoms with Crippen molar-refractivity contribution in [3.05, 3.63) is 12.2 Å². The molecule has 0 amide bonds. The molecule has 0 aromatic carbocycles. The van der Waals surface area contributed by atoms with E-state index in [0.29, 0.717) is 6.04 Å². The van der Waals surface area contributed by atoms with E-state index in [1.54, 1.807) is 0 Å². The van der Waals surface area contributed by atoms with Crippen LogP contribution in [0.2, 0.25) is 0 Å². The van der Waals surface area contributed by atoms with Gasteiger partial charge in [-0.3, -0.25) is 0 Å². The van der Waals surface area contributed by atoms with Gasteiger partial charge in [-0.25, -0.2) is 0 Å². The van der Waals surface area contributed by atoms with Gasteiger partial charge >= 0.3 is 0 Å². The molecule has 0 aromatic rings. The van der Waals surface area contributed by atoms with E-state index in [9.17, 15) is 0 Å². The van der Waals surface area contributed by atoms with E-state index in [2.05, 4.69) is 25.7 Å². The van der Waals surface area contributed by atoms with E-state index in [0.717, 1.165) is 39.0 Å². The first-order valence-corrected chi connectivity index (χ1v) is 6.22. The van der Waals surface area contributed by atoms with Crippen molar-refractivity contribution in [2.24, 2.45) is 0 Å². The number of ether oxygens (including phenoxy) is 1. The predicted molar refractivity (Wildman–Crippen MR) is 67.2 cm³/mol. The molecule has 0 saturated carbocycles. The molecule has 1 N–H and O–H groups in total. The summed E-state index contributed by atoms with van der Waals surface area (Å²) in [7, 11) is 0. The summed E-state index contributed by atoms with van der Waals surface area (Å²) in [4.78, 5) is 0. The van der Waals surface area contributed by atoms with Gasteiger partial charge in [-0.15, -0.1) is 0 Å². The fourth-order valence-electron chi connectivity index (χ4n) is 1.63. The van der Waals surface area contributed by atoms with Crippen molar-refractivity contribution in [2.45, 2.75) is 52.5 Å². The Balaban J connectivity index is 3.67. The lowest BCUT2D eigenvalue weighted by molar-refractivity contribution is 0.141. The summed E-state index contributed by atoms with van der Waals surface area (Å²) in [6, 6.07) is 0.586. The molecule has 0 rings (SSSR count). The van der Waals surface area contributed by atoms with Crippen LogP contribution in [0, 0.1) is 0 Å². The van der Waals surface area contributed by atoms with Crippen LogP contribution >= 0.6 is 0 Å². The maximum absolute atomic E-state index is 5.34. The largest absolute Gasteiger partial charge is 0.382 e. The first-order valence-electron chi connectivity index (χ1n) is 6.22. The first-order chi connectivity index (χ1) is 7.24. The zero-order valence-corrected chi connectivity index (χ0v) is 10.6. The summed E-state index contributed by atoms with van der Waals surface area (Å²) in [5, 5.41) is 3.51. The van der Waals surface area contributed by atoms with Gasteiger partial charge in [-0.05, 0) is 39.2 Å². The van der Waals surface area contributed by atoms with Gasteiger partial charge < -0.3 is 10.1 Å². The number of hydrogen-bond acceptors (Lipinski definition) is 2. The van der Waals surface area contributed by atoms with Gasteiger partial charge in [0.15, 0.2) is 0 Å². The molecular formula is C13H27NO. The topological polar surface area (TPSA) is 21.3 Å². The molecule has 0 aliphatic rings. The highest BCUT2D eigenvalue weighted by molar-refractivity contribution is 4.96. The van der Waals surface area contributed by atoms with Crippen molar-refractivity contribution in [3.8, 4) is 0 Å². The molecule has 0 spiro atoms. The Kier molecular flexibility index (Phi) is 9.96. The van der Waals surface area contributed by atoms with Crippen LogP contribution in [0.4, 0.5) is 0 Å². The maximum atomic E-state index is 5.34. The van der Waals surface area contributed by atoms with Crippen LogP contribution in [0.1, 0.15) is 46.5 Å². The molecule has 0 heterocycles. The van der Waals surface area contributed by atoms with Crippen molar-refractivity contribution in [3.63, 3.8) is 0 Å². The summed E-state index contributed by atoms with van der Waals surface area (Å²) in [5.41, 5.74) is 1.34. The maximum Gasteiger partial charge on any atom is 0.0466 e. The molecule has 0 aromatic heterocycles. The third-order valence-electron chi connectivity index (χ3n) is 2.57. The van der Waals surface area contributed by atoms with Gasteiger partial charge in [0.1, 0.15) is 0 Å². The Morgan fingerprint density at radius 1 is 1.33 bits per heavy atom. The zero-order valence-electron chi connectivity index (χ0n) is 10.6. The van der Waals surface area contributed by atoms with Gasteiger partial charge in [0.2, 0.25) is 0 Å². The SMILES string of the molecule is C=C(CC)CC(CCCOCC)NCC. The lowest BCUT2D eigenvalue weighted by atomic mass is 10.0. The fourth-order valence-corrected chi connectivity index (χ4v) is 1.63. The summed E-state index contributed by atoms with van der Waals surface area (Å²) in [6.45, 7) is 13.2. The van der Waals surface area contributed by atoms with Gasteiger partial charge in [0, 0.05) is 19.3 Å². The van der Waals surface area contributed by atoms with Gasteiger partial charge in [0.25, 0.3) is 0 Å². The van der Waals surface area contributed by atoms with E-state index >= 15 is 0 Å². The van der Waals surface area contributed by atoms with Crippen molar-refractivity contribution < 1.29 is 4.74 Å². The lowest BCUT2D eigenvalue weighted by Crippen LogP contribution is -2.29. The Bertz CT molecular complexity index is 157. The lowest BCUT2D eigenvalue weighted by Gasteiger charge is -2.18. The second-order valence-electron chi connectivity index (χ2n) is 3.90. The van der Waals surface area contributed by atoms with Crippen molar-refractivity contribution >= 4 is 0 Å². The predicted octanol–water partition coefficient (Wildman–Crippen LogP) is 3.14. The molecule has 0 bridgehead atoms. The summed E-state index contributed by atoms with van der Waals surface area (Å²) in [5.74, 6) is 0. The normalized spacial score (nSPS) is 12.7. The average molecular weight is 213 g/mol. The van der Waals surface area contributed by atoms with Crippen LogP contribution in [0.3, 0.4) is 0 Å². The number of nitrogens with one attached hydrogen (secondary N) is 1. The molecule has 90 valence electrons. The van der Waals surface area contributed by atoms with Crippen molar-refractivity contribution in [1.29, 1.82) is 0 Å². The standard InChI is InChI=1S/C13H27NO/c1-5-12(4)11-13(14-6-2)9-8-10-15-7-3/h13-14H,4-11H2,1-3H3. The average Bonchev–Trinajstić information content (AvgIpc) is 2.24. The Morgan fingerprint density at radius 2 is 2.07 bits per heavy atom. The van der Waals surface area contributed by atoms with Crippen molar-refractivity contribution in [2.75, 3.05) is 19.8 Å². The highest BCUT2D eigenvalue weighted by Gasteiger charge is 2.07. The zero-order chi connectivity index (χ0) is 11.5. The van der Waals surface area contributed by atoms with E-state index in [1.807, 2.05) is 6.92 Å². The monoisotopic (exact) mass is 213 g/mol. The van der Waals surface area contributed by atoms with Crippen LogP contribution in [0.5, 0.6) is 0 Å². The fraction of sp³-hybridized carbons (Fsp3) is 0.846. The van der Waals surface area contributed by atoms with Gasteiger partial charge in [-0.1, -0.05) is 26.0 Å². The number of rotatable bonds is 10. The summed E-state index contributed by atoms with van der Waals surface area (Å²) in [6.07, 6.45) is 4.53. The van der Waals surface area contributed by atoms with Gasteiger partial charge in [0.05, 0.1) is 0 Å². The molecular weight excluding hydrogens is 186 g/mol. The van der Waals surface area contributed by atoms with E-state index in [-0.39, 0.29) is 0 Å². The minimum Gasteiger partial charge on any atom is -0.382 e. The third-order valence-corrected chi connectivity index (χ3v) is 2.57. The molecule has 0 radical (unpaired) electrons.